The van der Waals surface area contributed by atoms with Gasteiger partial charge in [0.25, 0.3) is 0 Å². The van der Waals surface area contributed by atoms with E-state index in [9.17, 15) is 9.59 Å². The van der Waals surface area contributed by atoms with E-state index in [0.29, 0.717) is 24.3 Å². The third-order valence-electron chi connectivity index (χ3n) is 3.15. The van der Waals surface area contributed by atoms with Crippen molar-refractivity contribution in [3.05, 3.63) is 29.3 Å². The van der Waals surface area contributed by atoms with Gasteiger partial charge in [0, 0.05) is 20.5 Å². The number of ether oxygens (including phenoxy) is 1. The minimum Gasteiger partial charge on any atom is -0.492 e. The van der Waals surface area contributed by atoms with Gasteiger partial charge >= 0.3 is 6.03 Å². The number of para-hydroxylation sites is 1. The van der Waals surface area contributed by atoms with Gasteiger partial charge in [-0.3, -0.25) is 4.79 Å². The van der Waals surface area contributed by atoms with E-state index in [1.54, 1.807) is 20.2 Å². The lowest BCUT2D eigenvalue weighted by Crippen LogP contribution is -2.45. The zero-order chi connectivity index (χ0) is 14.0. The highest BCUT2D eigenvalue weighted by Gasteiger charge is 2.28. The minimum atomic E-state index is -0.530. The summed E-state index contributed by atoms with van der Waals surface area (Å²) in [6.45, 7) is 2.33. The zero-order valence-corrected chi connectivity index (χ0v) is 11.4. The second-order valence-corrected chi connectivity index (χ2v) is 4.85. The maximum Gasteiger partial charge on any atom is 0.317 e. The first-order chi connectivity index (χ1) is 9.00. The lowest BCUT2D eigenvalue weighted by atomic mass is 10.0. The summed E-state index contributed by atoms with van der Waals surface area (Å²) in [6.07, 6.45) is 0.479. The summed E-state index contributed by atoms with van der Waals surface area (Å²) in [5.41, 5.74) is 1.48. The number of nitrogens with one attached hydrogen (secondary N) is 1. The predicted octanol–water partition coefficient (Wildman–Crippen LogP) is 1.60. The van der Waals surface area contributed by atoms with E-state index in [1.807, 2.05) is 19.1 Å². The number of Topliss-reactive ketones (excluding diaryl/α,β-unsaturated/α-hetero) is 1. The Morgan fingerprint density at radius 1 is 1.42 bits per heavy atom. The molecule has 1 unspecified atom stereocenters. The molecule has 0 fully saturated rings. The molecule has 5 nitrogen and oxygen atoms in total. The number of hydrogen-bond acceptors (Lipinski definition) is 3. The number of ketones is 1. The van der Waals surface area contributed by atoms with Gasteiger partial charge < -0.3 is 15.0 Å². The first-order valence-electron chi connectivity index (χ1n) is 6.25. The molecule has 1 N–H and O–H groups in total. The van der Waals surface area contributed by atoms with Crippen molar-refractivity contribution in [2.45, 2.75) is 19.4 Å². The smallest absolute Gasteiger partial charge is 0.317 e. The Morgan fingerprint density at radius 2 is 2.16 bits per heavy atom. The van der Waals surface area contributed by atoms with Crippen molar-refractivity contribution in [1.29, 1.82) is 0 Å². The highest BCUT2D eigenvalue weighted by Crippen LogP contribution is 2.27. The normalized spacial score (nSPS) is 18.1. The van der Waals surface area contributed by atoms with E-state index in [-0.39, 0.29) is 11.8 Å². The maximum atomic E-state index is 12.4. The largest absolute Gasteiger partial charge is 0.492 e. The average Bonchev–Trinajstić information content (AvgIpc) is 2.52. The molecule has 2 amide bonds. The average molecular weight is 262 g/mol. The quantitative estimate of drug-likeness (QED) is 0.836. The Hall–Kier alpha value is -2.04. The molecule has 102 valence electrons. The second-order valence-electron chi connectivity index (χ2n) is 4.85. The zero-order valence-electron chi connectivity index (χ0n) is 11.4. The van der Waals surface area contributed by atoms with E-state index in [1.165, 1.54) is 4.90 Å². The Bertz CT molecular complexity index is 511. The standard InChI is InChI=1S/C14H18N2O3/c1-9-5-4-6-10-12(17)11(7-8-19-13(9)10)15-14(18)16(2)3/h4-6,11H,7-8H2,1-3H3,(H,15,18). The highest BCUT2D eigenvalue weighted by atomic mass is 16.5. The third-order valence-corrected chi connectivity index (χ3v) is 3.15. The monoisotopic (exact) mass is 262 g/mol. The van der Waals surface area contributed by atoms with Crippen LogP contribution in [0.15, 0.2) is 18.2 Å². The van der Waals surface area contributed by atoms with Gasteiger partial charge in [0.2, 0.25) is 0 Å². The van der Waals surface area contributed by atoms with Gasteiger partial charge in [0.15, 0.2) is 5.78 Å². The van der Waals surface area contributed by atoms with Gasteiger partial charge in [0.1, 0.15) is 5.75 Å². The van der Waals surface area contributed by atoms with Crippen molar-refractivity contribution in [2.24, 2.45) is 0 Å². The number of urea groups is 1. The molecule has 0 aromatic heterocycles. The number of amides is 2. The third kappa shape index (κ3) is 2.70. The highest BCUT2D eigenvalue weighted by molar-refractivity contribution is 6.04. The molecule has 0 aliphatic carbocycles. The molecule has 0 radical (unpaired) electrons. The number of rotatable bonds is 1. The molecule has 1 heterocycles. The van der Waals surface area contributed by atoms with Gasteiger partial charge in [0.05, 0.1) is 18.2 Å². The maximum absolute atomic E-state index is 12.4. The van der Waals surface area contributed by atoms with Crippen LogP contribution in [0.25, 0.3) is 0 Å². The van der Waals surface area contributed by atoms with E-state index in [2.05, 4.69) is 5.32 Å². The molecule has 1 aromatic rings. The number of hydrogen-bond donors (Lipinski definition) is 1. The summed E-state index contributed by atoms with van der Waals surface area (Å²) in [7, 11) is 3.29. The Balaban J connectivity index is 2.26. The predicted molar refractivity (Wildman–Crippen MR) is 71.6 cm³/mol. The summed E-state index contributed by atoms with van der Waals surface area (Å²) in [5, 5.41) is 2.73. The van der Waals surface area contributed by atoms with Crippen LogP contribution in [-0.2, 0) is 0 Å². The summed E-state index contributed by atoms with van der Waals surface area (Å²) >= 11 is 0. The van der Waals surface area contributed by atoms with Crippen molar-refractivity contribution in [2.75, 3.05) is 20.7 Å². The molecule has 2 rings (SSSR count). The Labute approximate surface area is 112 Å². The SMILES string of the molecule is Cc1cccc2c1OCCC(NC(=O)N(C)C)C2=O. The number of fused-ring (bicyclic) bond motifs is 1. The van der Waals surface area contributed by atoms with Crippen LogP contribution in [0.5, 0.6) is 5.75 Å². The van der Waals surface area contributed by atoms with Crippen molar-refractivity contribution >= 4 is 11.8 Å². The van der Waals surface area contributed by atoms with Crippen LogP contribution in [-0.4, -0.2) is 43.5 Å². The molecule has 0 bridgehead atoms. The van der Waals surface area contributed by atoms with E-state index < -0.39 is 6.04 Å². The minimum absolute atomic E-state index is 0.0913. The van der Waals surface area contributed by atoms with Crippen LogP contribution in [0.3, 0.4) is 0 Å². The molecule has 0 saturated heterocycles. The first kappa shape index (κ1) is 13.4. The van der Waals surface area contributed by atoms with Gasteiger partial charge in [-0.2, -0.15) is 0 Å². The van der Waals surface area contributed by atoms with E-state index >= 15 is 0 Å². The van der Waals surface area contributed by atoms with Gasteiger partial charge in [-0.25, -0.2) is 4.79 Å². The fraction of sp³-hybridized carbons (Fsp3) is 0.429. The summed E-state index contributed by atoms with van der Waals surface area (Å²) in [6, 6.07) is 4.67. The number of carbonyl (C=O) groups is 2. The van der Waals surface area contributed by atoms with Crippen molar-refractivity contribution in [3.63, 3.8) is 0 Å². The second kappa shape index (κ2) is 5.30. The molecule has 1 aromatic carbocycles. The van der Waals surface area contributed by atoms with Crippen molar-refractivity contribution < 1.29 is 14.3 Å². The number of aryl methyl sites for hydroxylation is 1. The first-order valence-corrected chi connectivity index (χ1v) is 6.25. The van der Waals surface area contributed by atoms with Crippen molar-refractivity contribution in [3.8, 4) is 5.75 Å². The fourth-order valence-corrected chi connectivity index (χ4v) is 2.05. The molecule has 19 heavy (non-hydrogen) atoms. The van der Waals surface area contributed by atoms with E-state index in [0.717, 1.165) is 5.56 Å². The Kier molecular flexibility index (Phi) is 3.74. The molecule has 5 heteroatoms. The molecule has 1 aliphatic rings. The summed E-state index contributed by atoms with van der Waals surface area (Å²) in [5.74, 6) is 0.542. The lowest BCUT2D eigenvalue weighted by Gasteiger charge is -2.18. The summed E-state index contributed by atoms with van der Waals surface area (Å²) < 4.78 is 5.64. The van der Waals surface area contributed by atoms with Gasteiger partial charge in [-0.15, -0.1) is 0 Å². The Morgan fingerprint density at radius 3 is 2.84 bits per heavy atom. The fourth-order valence-electron chi connectivity index (χ4n) is 2.05. The summed E-state index contributed by atoms with van der Waals surface area (Å²) in [4.78, 5) is 25.5. The lowest BCUT2D eigenvalue weighted by molar-refractivity contribution is 0.0940. The van der Waals surface area contributed by atoms with Crippen LogP contribution >= 0.6 is 0 Å². The topological polar surface area (TPSA) is 58.6 Å². The van der Waals surface area contributed by atoms with Crippen LogP contribution in [0.4, 0.5) is 4.79 Å². The van der Waals surface area contributed by atoms with Gasteiger partial charge in [-0.1, -0.05) is 12.1 Å². The van der Waals surface area contributed by atoms with E-state index in [4.69, 9.17) is 4.74 Å². The van der Waals surface area contributed by atoms with Crippen molar-refractivity contribution in [1.82, 2.24) is 10.2 Å². The number of benzene rings is 1. The molecular formula is C14H18N2O3. The molecule has 1 atom stereocenters. The van der Waals surface area contributed by atoms with Crippen LogP contribution in [0, 0.1) is 6.92 Å². The molecule has 0 spiro atoms. The number of nitrogens with zero attached hydrogens (tertiary/aromatic N) is 1. The van der Waals surface area contributed by atoms with Crippen LogP contribution < -0.4 is 10.1 Å². The van der Waals surface area contributed by atoms with Gasteiger partial charge in [-0.05, 0) is 18.6 Å². The molecule has 1 aliphatic heterocycles. The number of carbonyl (C=O) groups excluding carboxylic acids is 2. The van der Waals surface area contributed by atoms with Crippen LogP contribution in [0.2, 0.25) is 0 Å². The molecular weight excluding hydrogens is 244 g/mol. The van der Waals surface area contributed by atoms with Crippen LogP contribution in [0.1, 0.15) is 22.3 Å². The molecule has 0 saturated carbocycles.